The minimum absolute atomic E-state index is 0.154. The zero-order chi connectivity index (χ0) is 11.0. The SMILES string of the molecule is CC[P+](CC)(CC)CCCOC(C)=O. The fourth-order valence-electron chi connectivity index (χ4n) is 1.76. The Kier molecular flexibility index (Phi) is 7.17. The number of esters is 1. The van der Waals surface area contributed by atoms with Crippen LogP contribution in [0.4, 0.5) is 0 Å². The average molecular weight is 219 g/mol. The summed E-state index contributed by atoms with van der Waals surface area (Å²) < 4.78 is 4.95. The van der Waals surface area contributed by atoms with Gasteiger partial charge >= 0.3 is 5.97 Å². The maximum absolute atomic E-state index is 10.6. The Bertz CT molecular complexity index is 156. The molecule has 0 aromatic heterocycles. The highest BCUT2D eigenvalue weighted by atomic mass is 31.2. The molecule has 0 spiro atoms. The quantitative estimate of drug-likeness (QED) is 0.374. The van der Waals surface area contributed by atoms with Crippen LogP contribution < -0.4 is 0 Å². The van der Waals surface area contributed by atoms with Crippen molar-refractivity contribution in [1.29, 1.82) is 0 Å². The number of carbonyl (C=O) groups is 1. The van der Waals surface area contributed by atoms with Gasteiger partial charge < -0.3 is 4.74 Å². The number of ether oxygens (including phenoxy) is 1. The normalized spacial score (nSPS) is 11.4. The van der Waals surface area contributed by atoms with E-state index in [0.29, 0.717) is 6.61 Å². The number of hydrogen-bond donors (Lipinski definition) is 0. The van der Waals surface area contributed by atoms with Crippen molar-refractivity contribution in [3.8, 4) is 0 Å². The molecule has 0 saturated carbocycles. The molecule has 0 saturated heterocycles. The molecule has 84 valence electrons. The first-order valence-electron chi connectivity index (χ1n) is 5.58. The van der Waals surface area contributed by atoms with Crippen molar-refractivity contribution in [3.63, 3.8) is 0 Å². The highest BCUT2D eigenvalue weighted by molar-refractivity contribution is 7.75. The standard InChI is InChI=1S/C11H24O2P/c1-5-14(6-2,7-3)10-8-9-13-11(4)12/h5-10H2,1-4H3/q+1. The third kappa shape index (κ3) is 4.95. The average Bonchev–Trinajstić information content (AvgIpc) is 2.19. The zero-order valence-corrected chi connectivity index (χ0v) is 10.9. The van der Waals surface area contributed by atoms with Gasteiger partial charge in [-0.1, -0.05) is 0 Å². The van der Waals surface area contributed by atoms with E-state index in [1.807, 2.05) is 0 Å². The molecule has 2 nitrogen and oxygen atoms in total. The Labute approximate surface area is 88.7 Å². The fraction of sp³-hybridized carbons (Fsp3) is 0.909. The molecule has 0 aliphatic carbocycles. The third-order valence-corrected chi connectivity index (χ3v) is 8.38. The molecular weight excluding hydrogens is 195 g/mol. The maximum atomic E-state index is 10.6. The summed E-state index contributed by atoms with van der Waals surface area (Å²) in [4.78, 5) is 10.6. The third-order valence-electron chi connectivity index (χ3n) is 3.09. The summed E-state index contributed by atoms with van der Waals surface area (Å²) >= 11 is 0. The van der Waals surface area contributed by atoms with Crippen molar-refractivity contribution in [1.82, 2.24) is 0 Å². The summed E-state index contributed by atoms with van der Waals surface area (Å²) in [6.07, 6.45) is 6.33. The molecule has 0 bridgehead atoms. The molecule has 14 heavy (non-hydrogen) atoms. The smallest absolute Gasteiger partial charge is 0.302 e. The zero-order valence-electron chi connectivity index (χ0n) is 10.0. The molecule has 0 N–H and O–H groups in total. The molecular formula is C11H24O2P+. The minimum atomic E-state index is -0.690. The number of hydrogen-bond acceptors (Lipinski definition) is 2. The number of rotatable bonds is 7. The Morgan fingerprint density at radius 2 is 1.64 bits per heavy atom. The van der Waals surface area contributed by atoms with E-state index in [1.165, 1.54) is 31.6 Å². The highest BCUT2D eigenvalue weighted by Gasteiger charge is 2.30. The monoisotopic (exact) mass is 219 g/mol. The van der Waals surface area contributed by atoms with Gasteiger partial charge in [0.05, 0.1) is 31.3 Å². The van der Waals surface area contributed by atoms with Gasteiger partial charge in [-0.25, -0.2) is 0 Å². The predicted octanol–water partition coefficient (Wildman–Crippen LogP) is 3.02. The molecule has 3 heteroatoms. The van der Waals surface area contributed by atoms with Crippen LogP contribution >= 0.6 is 7.26 Å². The Morgan fingerprint density at radius 3 is 2.00 bits per heavy atom. The van der Waals surface area contributed by atoms with E-state index >= 15 is 0 Å². The first-order chi connectivity index (χ1) is 6.60. The topological polar surface area (TPSA) is 26.3 Å². The van der Waals surface area contributed by atoms with Crippen molar-refractivity contribution >= 4 is 13.2 Å². The second-order valence-corrected chi connectivity index (χ2v) is 8.74. The summed E-state index contributed by atoms with van der Waals surface area (Å²) in [5.74, 6) is -0.154. The van der Waals surface area contributed by atoms with E-state index in [0.717, 1.165) is 6.42 Å². The van der Waals surface area contributed by atoms with Gasteiger partial charge in [-0.05, 0) is 20.8 Å². The summed E-state index contributed by atoms with van der Waals surface area (Å²) in [5, 5.41) is 0. The van der Waals surface area contributed by atoms with E-state index in [-0.39, 0.29) is 5.97 Å². The lowest BCUT2D eigenvalue weighted by atomic mass is 10.5. The summed E-state index contributed by atoms with van der Waals surface area (Å²) in [7, 11) is -0.690. The molecule has 0 aliphatic heterocycles. The second-order valence-electron chi connectivity index (χ2n) is 3.71. The highest BCUT2D eigenvalue weighted by Crippen LogP contribution is 2.57. The van der Waals surface area contributed by atoms with Gasteiger partial charge in [0.15, 0.2) is 0 Å². The van der Waals surface area contributed by atoms with Crippen molar-refractivity contribution in [2.45, 2.75) is 34.1 Å². The predicted molar refractivity (Wildman–Crippen MR) is 64.7 cm³/mol. The van der Waals surface area contributed by atoms with Gasteiger partial charge in [0, 0.05) is 20.6 Å². The lowest BCUT2D eigenvalue weighted by molar-refractivity contribution is -0.140. The van der Waals surface area contributed by atoms with E-state index in [4.69, 9.17) is 4.74 Å². The second kappa shape index (κ2) is 7.23. The molecule has 0 heterocycles. The fourth-order valence-corrected chi connectivity index (χ4v) is 4.85. The molecule has 0 aromatic carbocycles. The molecule has 0 fully saturated rings. The summed E-state index contributed by atoms with van der Waals surface area (Å²) in [5.41, 5.74) is 0. The minimum Gasteiger partial charge on any atom is -0.466 e. The van der Waals surface area contributed by atoms with Crippen LogP contribution in [0.3, 0.4) is 0 Å². The van der Waals surface area contributed by atoms with Gasteiger partial charge in [-0.2, -0.15) is 0 Å². The van der Waals surface area contributed by atoms with Crippen molar-refractivity contribution in [2.75, 3.05) is 31.3 Å². The van der Waals surface area contributed by atoms with Gasteiger partial charge in [-0.3, -0.25) is 4.79 Å². The van der Waals surface area contributed by atoms with Crippen LogP contribution in [0.1, 0.15) is 34.1 Å². The van der Waals surface area contributed by atoms with Gasteiger partial charge in [0.2, 0.25) is 0 Å². The first kappa shape index (κ1) is 13.9. The van der Waals surface area contributed by atoms with Crippen LogP contribution in [0.2, 0.25) is 0 Å². The maximum Gasteiger partial charge on any atom is 0.302 e. The van der Waals surface area contributed by atoms with E-state index < -0.39 is 7.26 Å². The Balaban J connectivity index is 3.77. The Morgan fingerprint density at radius 1 is 1.14 bits per heavy atom. The van der Waals surface area contributed by atoms with Gasteiger partial charge in [-0.15, -0.1) is 0 Å². The van der Waals surface area contributed by atoms with Crippen LogP contribution in [0.15, 0.2) is 0 Å². The molecule has 0 rings (SSSR count). The Hall–Kier alpha value is -0.100. The lowest BCUT2D eigenvalue weighted by Gasteiger charge is -2.23. The van der Waals surface area contributed by atoms with Crippen molar-refractivity contribution in [2.24, 2.45) is 0 Å². The van der Waals surface area contributed by atoms with Crippen LogP contribution in [0.25, 0.3) is 0 Å². The van der Waals surface area contributed by atoms with E-state index in [1.54, 1.807) is 0 Å². The molecule has 0 radical (unpaired) electrons. The molecule has 0 atom stereocenters. The van der Waals surface area contributed by atoms with Crippen molar-refractivity contribution < 1.29 is 9.53 Å². The van der Waals surface area contributed by atoms with Crippen LogP contribution in [-0.2, 0) is 9.53 Å². The largest absolute Gasteiger partial charge is 0.466 e. The van der Waals surface area contributed by atoms with Gasteiger partial charge in [0.1, 0.15) is 0 Å². The lowest BCUT2D eigenvalue weighted by Crippen LogP contribution is -2.10. The van der Waals surface area contributed by atoms with Crippen molar-refractivity contribution in [3.05, 3.63) is 0 Å². The van der Waals surface area contributed by atoms with E-state index in [9.17, 15) is 4.79 Å². The number of carbonyl (C=O) groups excluding carboxylic acids is 1. The molecule has 0 aliphatic rings. The molecule has 0 aromatic rings. The first-order valence-corrected chi connectivity index (χ1v) is 8.11. The van der Waals surface area contributed by atoms with Crippen LogP contribution in [0.5, 0.6) is 0 Å². The molecule has 0 unspecified atom stereocenters. The molecule has 0 amide bonds. The summed E-state index contributed by atoms with van der Waals surface area (Å²) in [6, 6.07) is 0. The van der Waals surface area contributed by atoms with Gasteiger partial charge in [0.25, 0.3) is 0 Å². The summed E-state index contributed by atoms with van der Waals surface area (Å²) in [6.45, 7) is 8.98. The van der Waals surface area contributed by atoms with Crippen LogP contribution in [0, 0.1) is 0 Å². The van der Waals surface area contributed by atoms with E-state index in [2.05, 4.69) is 20.8 Å². The van der Waals surface area contributed by atoms with Crippen LogP contribution in [-0.4, -0.2) is 37.2 Å².